The molecule has 160 valence electrons. The van der Waals surface area contributed by atoms with Gasteiger partial charge in [-0.05, 0) is 12.8 Å². The number of halogens is 5. The predicted molar refractivity (Wildman–Crippen MR) is 90.9 cm³/mol. The van der Waals surface area contributed by atoms with Crippen LogP contribution in [0.1, 0.15) is 19.3 Å². The molecular formula is C16H23ClF4N4O3. The van der Waals surface area contributed by atoms with E-state index in [0.29, 0.717) is 19.6 Å². The lowest BCUT2D eigenvalue weighted by Crippen LogP contribution is -2.65. The Hall–Kier alpha value is -1.17. The summed E-state index contributed by atoms with van der Waals surface area (Å²) in [4.78, 5) is 27.5. The van der Waals surface area contributed by atoms with Crippen LogP contribution in [0.25, 0.3) is 0 Å². The van der Waals surface area contributed by atoms with Gasteiger partial charge in [0, 0.05) is 44.6 Å². The number of carbonyl (C=O) groups excluding carboxylic acids is 2. The van der Waals surface area contributed by atoms with E-state index in [2.05, 4.69) is 15.6 Å². The van der Waals surface area contributed by atoms with Crippen molar-refractivity contribution in [3.8, 4) is 0 Å². The fourth-order valence-electron chi connectivity index (χ4n) is 4.06. The molecule has 0 bridgehead atoms. The lowest BCUT2D eigenvalue weighted by molar-refractivity contribution is -0.352. The third-order valence-electron chi connectivity index (χ3n) is 5.53. The second-order valence-electron chi connectivity index (χ2n) is 7.42. The van der Waals surface area contributed by atoms with E-state index in [0.717, 1.165) is 0 Å². The molecular weight excluding hydrogens is 408 g/mol. The zero-order valence-electron chi connectivity index (χ0n) is 15.1. The summed E-state index contributed by atoms with van der Waals surface area (Å²) in [5.41, 5.74) is 5.15. The number of ether oxygens (including phenoxy) is 1. The monoisotopic (exact) mass is 430 g/mol. The Morgan fingerprint density at radius 1 is 1.21 bits per heavy atom. The molecule has 0 aromatic heterocycles. The molecule has 7 nitrogen and oxygen atoms in total. The van der Waals surface area contributed by atoms with Crippen LogP contribution in [0.15, 0.2) is 0 Å². The van der Waals surface area contributed by atoms with Crippen molar-refractivity contribution in [1.82, 2.24) is 20.7 Å². The fourth-order valence-corrected chi connectivity index (χ4v) is 4.36. The van der Waals surface area contributed by atoms with Gasteiger partial charge in [-0.25, -0.2) is 9.82 Å². The number of amides is 2. The Labute approximate surface area is 164 Å². The van der Waals surface area contributed by atoms with E-state index in [1.807, 2.05) is 0 Å². The van der Waals surface area contributed by atoms with Crippen LogP contribution in [0.4, 0.5) is 17.6 Å². The van der Waals surface area contributed by atoms with Gasteiger partial charge < -0.3 is 4.90 Å². The number of nitrogens with zero attached hydrogens (tertiary/aromatic N) is 2. The van der Waals surface area contributed by atoms with Crippen molar-refractivity contribution in [2.75, 3.05) is 32.7 Å². The molecule has 0 radical (unpaired) electrons. The van der Waals surface area contributed by atoms with Crippen molar-refractivity contribution in [2.24, 2.45) is 5.92 Å². The van der Waals surface area contributed by atoms with Crippen LogP contribution in [-0.2, 0) is 14.3 Å². The van der Waals surface area contributed by atoms with Gasteiger partial charge in [0.05, 0.1) is 12.6 Å². The SMILES string of the molecule is O=C1NNCC(N2CCN(CC3CCC(F)CC3OC(F)(F)F)C(=O)C2)C1Cl. The third-order valence-corrected chi connectivity index (χ3v) is 6.02. The lowest BCUT2D eigenvalue weighted by Gasteiger charge is -2.43. The van der Waals surface area contributed by atoms with Gasteiger partial charge in [-0.2, -0.15) is 0 Å². The molecule has 12 heteroatoms. The van der Waals surface area contributed by atoms with E-state index < -0.39 is 29.9 Å². The average molecular weight is 431 g/mol. The minimum absolute atomic E-state index is 0.0199. The van der Waals surface area contributed by atoms with Gasteiger partial charge >= 0.3 is 6.36 Å². The summed E-state index contributed by atoms with van der Waals surface area (Å²) < 4.78 is 55.6. The summed E-state index contributed by atoms with van der Waals surface area (Å²) in [6, 6.07) is -0.357. The van der Waals surface area contributed by atoms with Gasteiger partial charge in [-0.15, -0.1) is 24.8 Å². The van der Waals surface area contributed by atoms with E-state index >= 15 is 0 Å². The van der Waals surface area contributed by atoms with Gasteiger partial charge in [-0.3, -0.25) is 24.7 Å². The fraction of sp³-hybridized carbons (Fsp3) is 0.875. The average Bonchev–Trinajstić information content (AvgIpc) is 2.60. The molecule has 5 unspecified atom stereocenters. The maximum atomic E-state index is 13.6. The first-order valence-corrected chi connectivity index (χ1v) is 9.65. The highest BCUT2D eigenvalue weighted by atomic mass is 35.5. The Morgan fingerprint density at radius 2 is 1.96 bits per heavy atom. The van der Waals surface area contributed by atoms with Crippen molar-refractivity contribution >= 4 is 23.4 Å². The molecule has 2 N–H and O–H groups in total. The molecule has 2 amide bonds. The largest absolute Gasteiger partial charge is 0.522 e. The van der Waals surface area contributed by atoms with Gasteiger partial charge in [0.25, 0.3) is 5.91 Å². The first kappa shape index (κ1) is 21.5. The Bertz CT molecular complexity index is 597. The summed E-state index contributed by atoms with van der Waals surface area (Å²) in [5.74, 6) is -1.20. The third kappa shape index (κ3) is 5.25. The number of piperazine rings is 1. The number of hydrazine groups is 1. The van der Waals surface area contributed by atoms with E-state index in [9.17, 15) is 27.2 Å². The second-order valence-corrected chi connectivity index (χ2v) is 7.89. The van der Waals surface area contributed by atoms with Crippen LogP contribution in [0.2, 0.25) is 0 Å². The normalized spacial score (nSPS) is 35.8. The molecule has 2 aliphatic heterocycles. The molecule has 3 rings (SSSR count). The summed E-state index contributed by atoms with van der Waals surface area (Å²) >= 11 is 6.12. The summed E-state index contributed by atoms with van der Waals surface area (Å²) in [5, 5.41) is -0.801. The van der Waals surface area contributed by atoms with Gasteiger partial charge in [-0.1, -0.05) is 0 Å². The van der Waals surface area contributed by atoms with Crippen molar-refractivity contribution in [3.63, 3.8) is 0 Å². The quantitative estimate of drug-likeness (QED) is 0.509. The standard InChI is InChI=1S/C16H23ClF4N4O3/c17-14-11(6-22-23-15(14)27)24-3-4-25(13(26)8-24)7-9-1-2-10(18)5-12(9)28-16(19,20)21/h9-12,14,22H,1-8H2,(H,23,27). The molecule has 3 aliphatic rings. The molecule has 3 fully saturated rings. The van der Waals surface area contributed by atoms with E-state index in [-0.39, 0.29) is 50.2 Å². The highest BCUT2D eigenvalue weighted by Crippen LogP contribution is 2.34. The molecule has 0 aromatic rings. The zero-order valence-corrected chi connectivity index (χ0v) is 15.8. The lowest BCUT2D eigenvalue weighted by atomic mass is 9.84. The molecule has 0 spiro atoms. The number of carbonyl (C=O) groups is 2. The number of hydrogen-bond acceptors (Lipinski definition) is 5. The molecule has 5 atom stereocenters. The van der Waals surface area contributed by atoms with Crippen molar-refractivity contribution < 1.29 is 31.9 Å². The van der Waals surface area contributed by atoms with Gasteiger partial charge in [0.2, 0.25) is 5.91 Å². The number of rotatable bonds is 4. The molecule has 2 heterocycles. The number of hydrogen-bond donors (Lipinski definition) is 2. The summed E-state index contributed by atoms with van der Waals surface area (Å²) in [7, 11) is 0. The molecule has 1 saturated carbocycles. The van der Waals surface area contributed by atoms with Gasteiger partial charge in [0.1, 0.15) is 11.5 Å². The minimum Gasteiger partial charge on any atom is -0.340 e. The summed E-state index contributed by atoms with van der Waals surface area (Å²) in [6.45, 7) is 1.24. The predicted octanol–water partition coefficient (Wildman–Crippen LogP) is 0.784. The topological polar surface area (TPSA) is 73.9 Å². The van der Waals surface area contributed by atoms with Crippen LogP contribution in [0.5, 0.6) is 0 Å². The van der Waals surface area contributed by atoms with Crippen molar-refractivity contribution in [2.45, 2.75) is 49.3 Å². The van der Waals surface area contributed by atoms with Crippen LogP contribution in [0, 0.1) is 5.92 Å². The molecule has 0 aromatic carbocycles. The second kappa shape index (κ2) is 8.68. The van der Waals surface area contributed by atoms with E-state index in [1.165, 1.54) is 4.90 Å². The van der Waals surface area contributed by atoms with Crippen molar-refractivity contribution in [1.29, 1.82) is 0 Å². The minimum atomic E-state index is -4.84. The smallest absolute Gasteiger partial charge is 0.340 e. The first-order valence-electron chi connectivity index (χ1n) is 9.21. The molecule has 28 heavy (non-hydrogen) atoms. The van der Waals surface area contributed by atoms with Gasteiger partial charge in [0.15, 0.2) is 0 Å². The Balaban J connectivity index is 1.58. The number of alkyl halides is 5. The summed E-state index contributed by atoms with van der Waals surface area (Å²) in [6.07, 6.45) is -7.41. The van der Waals surface area contributed by atoms with Crippen LogP contribution in [0.3, 0.4) is 0 Å². The van der Waals surface area contributed by atoms with Crippen LogP contribution in [-0.4, -0.2) is 84.4 Å². The van der Waals surface area contributed by atoms with Crippen LogP contribution < -0.4 is 10.9 Å². The first-order chi connectivity index (χ1) is 13.1. The van der Waals surface area contributed by atoms with E-state index in [4.69, 9.17) is 11.6 Å². The molecule has 2 saturated heterocycles. The van der Waals surface area contributed by atoms with Crippen LogP contribution >= 0.6 is 11.6 Å². The maximum Gasteiger partial charge on any atom is 0.522 e. The van der Waals surface area contributed by atoms with E-state index in [1.54, 1.807) is 4.90 Å². The Kier molecular flexibility index (Phi) is 6.68. The zero-order chi connectivity index (χ0) is 20.5. The highest BCUT2D eigenvalue weighted by molar-refractivity contribution is 6.31. The highest BCUT2D eigenvalue weighted by Gasteiger charge is 2.43. The maximum absolute atomic E-state index is 13.6. The number of nitrogens with one attached hydrogen (secondary N) is 2. The Morgan fingerprint density at radius 3 is 2.64 bits per heavy atom. The van der Waals surface area contributed by atoms with Crippen molar-refractivity contribution in [3.05, 3.63) is 0 Å². The molecule has 1 aliphatic carbocycles.